The number of amides is 5. The lowest BCUT2D eigenvalue weighted by molar-refractivity contribution is -0.144. The van der Waals surface area contributed by atoms with E-state index in [1.54, 1.807) is 11.9 Å². The zero-order chi connectivity index (χ0) is 36.1. The Bertz CT molecular complexity index is 1420. The van der Waals surface area contributed by atoms with Crippen LogP contribution in [-0.2, 0) is 29.4 Å². The molecule has 0 aromatic carbocycles. The summed E-state index contributed by atoms with van der Waals surface area (Å²) in [5.74, 6) is -2.68. The van der Waals surface area contributed by atoms with E-state index in [-0.39, 0.29) is 41.5 Å². The van der Waals surface area contributed by atoms with Crippen molar-refractivity contribution in [1.29, 1.82) is 0 Å². The predicted molar refractivity (Wildman–Crippen MR) is 183 cm³/mol. The smallest absolute Gasteiger partial charge is 0.315 e. The molecule has 0 radical (unpaired) electrons. The number of primary amides is 1. The Morgan fingerprint density at radius 2 is 1.57 bits per heavy atom. The number of nitrogens with one attached hydrogen (secondary N) is 3. The topological polar surface area (TPSA) is 191 Å². The quantitative estimate of drug-likeness (QED) is 0.220. The zero-order valence-corrected chi connectivity index (χ0v) is 30.8. The van der Waals surface area contributed by atoms with Crippen LogP contribution >= 0.6 is 0 Å². The molecule has 0 bridgehead atoms. The Labute approximate surface area is 291 Å². The molecule has 5 N–H and O–H groups in total. The minimum absolute atomic E-state index is 0.0802. The van der Waals surface area contributed by atoms with Crippen molar-refractivity contribution in [3.63, 3.8) is 0 Å². The molecule has 5 fully saturated rings. The van der Waals surface area contributed by atoms with Gasteiger partial charge < -0.3 is 26.6 Å². The maximum Gasteiger partial charge on any atom is 0.315 e. The van der Waals surface area contributed by atoms with Crippen LogP contribution in [0.25, 0.3) is 0 Å². The number of ketones is 1. The highest BCUT2D eigenvalue weighted by Crippen LogP contribution is 2.65. The molecule has 15 heteroatoms. The van der Waals surface area contributed by atoms with Gasteiger partial charge in [0.2, 0.25) is 17.6 Å². The van der Waals surface area contributed by atoms with Crippen LogP contribution in [0.4, 0.5) is 4.79 Å². The van der Waals surface area contributed by atoms with Gasteiger partial charge in [0.15, 0.2) is 0 Å². The zero-order valence-electron chi connectivity index (χ0n) is 30.0. The molecule has 3 saturated carbocycles. The molecule has 2 unspecified atom stereocenters. The lowest BCUT2D eigenvalue weighted by atomic mass is 9.83. The summed E-state index contributed by atoms with van der Waals surface area (Å²) in [6.07, 6.45) is 7.23. The van der Waals surface area contributed by atoms with Gasteiger partial charge >= 0.3 is 6.03 Å². The third-order valence-corrected chi connectivity index (χ3v) is 13.9. The fourth-order valence-corrected chi connectivity index (χ4v) is 9.80. The minimum atomic E-state index is -3.66. The second kappa shape index (κ2) is 14.1. The standard InChI is InChI=1S/C34H57N7O7S/c1-33(2,3)24(19-40-16-10-15-39(6)49(40,47)48)37-32(46)38-26(21-11-8-7-9-12-21)31(45)41-18-22-25(34(22,4)5)27(41)30(44)36-23(17-20-13-14-20)28(42)29(35)43/h20-27H,7-19H2,1-6H3,(H2,35,43)(H,36,44)(H2,37,38,46)/t22?,23?,24-,25+,26+,27+/m1/s1. The van der Waals surface area contributed by atoms with Gasteiger partial charge in [-0.05, 0) is 60.2 Å². The molecule has 49 heavy (non-hydrogen) atoms. The molecule has 3 aliphatic carbocycles. The van der Waals surface area contributed by atoms with Crippen molar-refractivity contribution in [2.45, 2.75) is 117 Å². The Morgan fingerprint density at radius 1 is 0.918 bits per heavy atom. The lowest BCUT2D eigenvalue weighted by Gasteiger charge is -2.40. The van der Waals surface area contributed by atoms with E-state index in [4.69, 9.17) is 5.73 Å². The van der Waals surface area contributed by atoms with Crippen LogP contribution in [0.1, 0.15) is 92.4 Å². The first-order chi connectivity index (χ1) is 22.8. The highest BCUT2D eigenvalue weighted by molar-refractivity contribution is 7.86. The summed E-state index contributed by atoms with van der Waals surface area (Å²) >= 11 is 0. The molecule has 276 valence electrons. The van der Waals surface area contributed by atoms with Crippen LogP contribution in [0.2, 0.25) is 0 Å². The van der Waals surface area contributed by atoms with E-state index in [0.717, 1.165) is 44.9 Å². The summed E-state index contributed by atoms with van der Waals surface area (Å²) in [5.41, 5.74) is 4.64. The Kier molecular flexibility index (Phi) is 10.8. The molecule has 0 aromatic heterocycles. The summed E-state index contributed by atoms with van der Waals surface area (Å²) in [6.45, 7) is 11.2. The van der Waals surface area contributed by atoms with Gasteiger partial charge in [0.05, 0.1) is 6.04 Å². The molecule has 2 aliphatic heterocycles. The molecule has 2 heterocycles. The summed E-state index contributed by atoms with van der Waals surface area (Å²) in [4.78, 5) is 68.5. The van der Waals surface area contributed by atoms with Gasteiger partial charge in [0.25, 0.3) is 16.1 Å². The number of rotatable bonds is 12. The number of hydrogen-bond acceptors (Lipinski definition) is 7. The molecule has 14 nitrogen and oxygen atoms in total. The van der Waals surface area contributed by atoms with Crippen molar-refractivity contribution in [2.24, 2.45) is 40.2 Å². The van der Waals surface area contributed by atoms with Gasteiger partial charge in [-0.1, -0.05) is 66.7 Å². The van der Waals surface area contributed by atoms with Crippen molar-refractivity contribution in [3.05, 3.63) is 0 Å². The van der Waals surface area contributed by atoms with E-state index >= 15 is 0 Å². The monoisotopic (exact) mass is 707 g/mol. The van der Waals surface area contributed by atoms with Crippen molar-refractivity contribution in [2.75, 3.05) is 33.2 Å². The molecule has 5 amide bonds. The Balaban J connectivity index is 1.35. The molecular formula is C34H57N7O7S. The van der Waals surface area contributed by atoms with Crippen LogP contribution in [0.3, 0.4) is 0 Å². The van der Waals surface area contributed by atoms with Gasteiger partial charge in [-0.15, -0.1) is 0 Å². The van der Waals surface area contributed by atoms with Crippen molar-refractivity contribution < 1.29 is 32.4 Å². The summed E-state index contributed by atoms with van der Waals surface area (Å²) in [6, 6.07) is -3.90. The van der Waals surface area contributed by atoms with Crippen LogP contribution in [0, 0.1) is 34.5 Å². The van der Waals surface area contributed by atoms with E-state index in [2.05, 4.69) is 29.8 Å². The lowest BCUT2D eigenvalue weighted by Crippen LogP contribution is -2.62. The van der Waals surface area contributed by atoms with Crippen LogP contribution in [0.5, 0.6) is 0 Å². The van der Waals surface area contributed by atoms with E-state index in [0.29, 0.717) is 32.5 Å². The molecule has 2 saturated heterocycles. The van der Waals surface area contributed by atoms with Crippen molar-refractivity contribution in [3.8, 4) is 0 Å². The average molecular weight is 708 g/mol. The number of Topliss-reactive ketones (excluding diaryl/α,β-unsaturated/α-hetero) is 1. The molecule has 6 atom stereocenters. The predicted octanol–water partition coefficient (Wildman–Crippen LogP) is 1.35. The van der Waals surface area contributed by atoms with Gasteiger partial charge in [-0.25, -0.2) is 4.79 Å². The Morgan fingerprint density at radius 3 is 2.16 bits per heavy atom. The largest absolute Gasteiger partial charge is 0.363 e. The Hall–Kier alpha value is -2.78. The molecular weight excluding hydrogens is 650 g/mol. The fraction of sp³-hybridized carbons (Fsp3) is 0.853. The van der Waals surface area contributed by atoms with E-state index in [9.17, 15) is 32.4 Å². The van der Waals surface area contributed by atoms with E-state index < -0.39 is 63.4 Å². The summed E-state index contributed by atoms with van der Waals surface area (Å²) in [7, 11) is -2.11. The number of likely N-dealkylation sites (tertiary alicyclic amines) is 1. The number of nitrogens with two attached hydrogens (primary N) is 1. The van der Waals surface area contributed by atoms with Crippen molar-refractivity contribution >= 4 is 39.7 Å². The maximum absolute atomic E-state index is 14.6. The van der Waals surface area contributed by atoms with Crippen LogP contribution in [0.15, 0.2) is 0 Å². The van der Waals surface area contributed by atoms with Gasteiger partial charge in [-0.3, -0.25) is 19.2 Å². The first kappa shape index (κ1) is 37.5. The van der Waals surface area contributed by atoms with Crippen molar-refractivity contribution in [1.82, 2.24) is 29.5 Å². The van der Waals surface area contributed by atoms with Gasteiger partial charge in [0, 0.05) is 39.3 Å². The van der Waals surface area contributed by atoms with Crippen LogP contribution < -0.4 is 21.7 Å². The number of piperidine rings is 1. The maximum atomic E-state index is 14.6. The van der Waals surface area contributed by atoms with E-state index in [1.165, 1.54) is 8.61 Å². The second-order valence-electron chi connectivity index (χ2n) is 16.8. The molecule has 5 aliphatic rings. The second-order valence-corrected chi connectivity index (χ2v) is 18.8. The SMILES string of the molecule is CN1CCCN(C[C@@H](NC(=O)N[C@H](C(=O)N2CC3[C@@H]([C@H]2C(=O)NC(CC2CC2)C(=O)C(N)=O)C3(C)C)C2CCCCC2)C(C)(C)C)S1(=O)=O. The summed E-state index contributed by atoms with van der Waals surface area (Å²) in [5, 5.41) is 8.79. The molecule has 5 rings (SSSR count). The van der Waals surface area contributed by atoms with E-state index in [1.807, 2.05) is 20.8 Å². The number of urea groups is 1. The highest BCUT2D eigenvalue weighted by atomic mass is 32.2. The number of carbonyl (C=O) groups excluding carboxylic acids is 5. The number of hydrogen-bond donors (Lipinski definition) is 4. The average Bonchev–Trinajstić information content (AvgIpc) is 3.88. The third kappa shape index (κ3) is 8.08. The first-order valence-electron chi connectivity index (χ1n) is 18.1. The number of fused-ring (bicyclic) bond motifs is 1. The van der Waals surface area contributed by atoms with Gasteiger partial charge in [-0.2, -0.15) is 17.0 Å². The third-order valence-electron chi connectivity index (χ3n) is 11.9. The normalized spacial score (nSPS) is 28.9. The van der Waals surface area contributed by atoms with Gasteiger partial charge in [0.1, 0.15) is 12.1 Å². The highest BCUT2D eigenvalue weighted by Gasteiger charge is 2.69. The number of nitrogens with zero attached hydrogens (tertiary/aromatic N) is 3. The molecule has 0 aromatic rings. The van der Waals surface area contributed by atoms with Crippen LogP contribution in [-0.4, -0.2) is 109 Å². The number of carbonyl (C=O) groups is 5. The molecule has 0 spiro atoms. The summed E-state index contributed by atoms with van der Waals surface area (Å²) < 4.78 is 28.8. The minimum Gasteiger partial charge on any atom is -0.363 e. The fourth-order valence-electron chi connectivity index (χ4n) is 8.35. The first-order valence-corrected chi connectivity index (χ1v) is 19.5.